The monoisotopic (exact) mass is 823 g/mol. The highest BCUT2D eigenvalue weighted by molar-refractivity contribution is 9.10. The number of nitrogens with one attached hydrogen (secondary N) is 3. The zero-order valence-corrected chi connectivity index (χ0v) is 33.8. The van der Waals surface area contributed by atoms with Gasteiger partial charge in [0, 0.05) is 86.9 Å². The van der Waals surface area contributed by atoms with Gasteiger partial charge in [-0.2, -0.15) is 10.1 Å². The number of carbonyl (C=O) groups is 1. The number of benzene rings is 2. The molecule has 6 heterocycles. The number of nitrogens with zero attached hydrogens (tertiary/aromatic N) is 8. The van der Waals surface area contributed by atoms with Crippen LogP contribution in [0.5, 0.6) is 11.5 Å². The predicted octanol–water partition coefficient (Wildman–Crippen LogP) is 6.82. The van der Waals surface area contributed by atoms with Crippen molar-refractivity contribution < 1.29 is 14.3 Å². The van der Waals surface area contributed by atoms with Crippen molar-refractivity contribution in [3.05, 3.63) is 81.9 Å². The molecule has 0 saturated carbocycles. The van der Waals surface area contributed by atoms with Gasteiger partial charge in [-0.1, -0.05) is 0 Å². The molecule has 0 spiro atoms. The number of ether oxygens (including phenoxy) is 2. The molecule has 4 aromatic heterocycles. The summed E-state index contributed by atoms with van der Waals surface area (Å²) in [4.78, 5) is 37.0. The lowest BCUT2D eigenvalue weighted by Crippen LogP contribution is -2.52. The first-order valence-electron chi connectivity index (χ1n) is 18.3. The van der Waals surface area contributed by atoms with Crippen LogP contribution in [0, 0.1) is 13.8 Å². The molecule has 3 N–H and O–H groups in total. The van der Waals surface area contributed by atoms with Gasteiger partial charge in [0.05, 0.1) is 40.0 Å². The molecular weight excluding hydrogens is 781 g/mol. The number of piperidine rings is 1. The molecule has 0 amide bonds. The maximum Gasteiger partial charge on any atom is 0.347 e. The number of hydrogen-bond donors (Lipinski definition) is 3. The minimum absolute atomic E-state index is 0.240. The molecule has 0 radical (unpaired) electrons. The molecular formula is C39H43BrN11O3P. The molecule has 284 valence electrons. The van der Waals surface area contributed by atoms with Crippen molar-refractivity contribution in [2.24, 2.45) is 7.05 Å². The molecule has 14 nitrogen and oxygen atoms in total. The van der Waals surface area contributed by atoms with Crippen molar-refractivity contribution in [1.29, 1.82) is 0 Å². The molecule has 6 aromatic rings. The number of carbonyl (C=O) groups excluding carboxylic acids is 1. The number of halogens is 1. The first-order chi connectivity index (χ1) is 26.7. The van der Waals surface area contributed by atoms with E-state index in [-0.39, 0.29) is 13.9 Å². The van der Waals surface area contributed by atoms with Crippen LogP contribution in [0.4, 0.5) is 28.8 Å². The van der Waals surface area contributed by atoms with Gasteiger partial charge in [-0.25, -0.2) is 14.8 Å². The predicted molar refractivity (Wildman–Crippen MR) is 221 cm³/mol. The summed E-state index contributed by atoms with van der Waals surface area (Å²) in [6, 6.07) is 8.45. The standard InChI is InChI=1S/C39H43BrN11O3P/c1-23-22-55-36(24(23)2)38(52)54-35-30(6-5-29-34(35)43-12-11-42-29)46-37-28(40)20-44-39(48-37)47-31-17-27(25-19-45-49(3)21-25)32(18-33(31)53-4)51-15-13-50(14-16-51)26-7-9-41-10-8-26/h5-6,11-12,17-22,26,41,55H,7-10,13-16H2,1-4H3,(H2,44,46,47,48). The number of aryl methyl sites for hydroxylation is 2. The Hall–Kier alpha value is -5.08. The van der Waals surface area contributed by atoms with Crippen molar-refractivity contribution in [2.45, 2.75) is 32.7 Å². The van der Waals surface area contributed by atoms with Crippen molar-refractivity contribution in [2.75, 3.05) is 61.9 Å². The van der Waals surface area contributed by atoms with E-state index in [1.807, 2.05) is 44.0 Å². The third-order valence-electron chi connectivity index (χ3n) is 10.4. The quantitative estimate of drug-likeness (QED) is 0.0982. The molecule has 1 unspecified atom stereocenters. The Morgan fingerprint density at radius 2 is 1.80 bits per heavy atom. The third-order valence-corrected chi connectivity index (χ3v) is 12.5. The van der Waals surface area contributed by atoms with Gasteiger partial charge in [0.25, 0.3) is 0 Å². The molecule has 2 saturated heterocycles. The first-order valence-corrected chi connectivity index (χ1v) is 20.2. The summed E-state index contributed by atoms with van der Waals surface area (Å²) in [7, 11) is 3.84. The fraction of sp³-hybridized carbons (Fsp3) is 0.333. The van der Waals surface area contributed by atoms with Crippen molar-refractivity contribution in [1.82, 2.24) is 39.9 Å². The summed E-state index contributed by atoms with van der Waals surface area (Å²) in [5.74, 6) is 3.34. The summed E-state index contributed by atoms with van der Waals surface area (Å²) in [5, 5.41) is 15.4. The number of hydrogen-bond acceptors (Lipinski definition) is 13. The van der Waals surface area contributed by atoms with E-state index in [1.165, 1.54) is 12.8 Å². The topological polar surface area (TPSA) is 147 Å². The molecule has 2 aromatic carbocycles. The lowest BCUT2D eigenvalue weighted by molar-refractivity contribution is 0.0742. The minimum Gasteiger partial charge on any atom is -0.494 e. The van der Waals surface area contributed by atoms with E-state index in [2.05, 4.69) is 79.7 Å². The lowest BCUT2D eigenvalue weighted by Gasteiger charge is -2.42. The SMILES string of the molecule is COc1cc(N2CCN(C3CCNCC3)CC2)c(-c2cnn(C)c2)cc1Nc1ncc(Br)c(Nc2ccc3nccnc3c2OC(=O)c2[pH]cc(C)c2C)n1. The van der Waals surface area contributed by atoms with Gasteiger partial charge in [0.2, 0.25) is 5.95 Å². The van der Waals surface area contributed by atoms with E-state index in [1.54, 1.807) is 31.8 Å². The number of rotatable bonds is 10. The normalized spacial score (nSPS) is 15.5. The Labute approximate surface area is 329 Å². The van der Waals surface area contributed by atoms with Gasteiger partial charge in [0.15, 0.2) is 5.75 Å². The number of piperazine rings is 1. The molecule has 2 aliphatic heterocycles. The van der Waals surface area contributed by atoms with Crippen LogP contribution in [0.15, 0.2) is 65.5 Å². The average Bonchev–Trinajstić information content (AvgIpc) is 3.80. The third kappa shape index (κ3) is 7.75. The maximum atomic E-state index is 13.5. The van der Waals surface area contributed by atoms with E-state index in [4.69, 9.17) is 14.5 Å². The van der Waals surface area contributed by atoms with E-state index in [9.17, 15) is 4.79 Å². The second-order valence-corrected chi connectivity index (χ2v) is 15.8. The van der Waals surface area contributed by atoms with Gasteiger partial charge < -0.3 is 30.3 Å². The van der Waals surface area contributed by atoms with Crippen molar-refractivity contribution >= 4 is 70.0 Å². The molecule has 8 rings (SSSR count). The van der Waals surface area contributed by atoms with Crippen LogP contribution in [0.3, 0.4) is 0 Å². The molecule has 2 aliphatic rings. The largest absolute Gasteiger partial charge is 0.494 e. The van der Waals surface area contributed by atoms with Gasteiger partial charge in [-0.3, -0.25) is 14.6 Å². The lowest BCUT2D eigenvalue weighted by atomic mass is 10.0. The number of fused-ring (bicyclic) bond motifs is 1. The van der Waals surface area contributed by atoms with Crippen LogP contribution in [-0.4, -0.2) is 93.0 Å². The number of methoxy groups -OCH3 is 1. The van der Waals surface area contributed by atoms with Gasteiger partial charge in [-0.15, -0.1) is 8.19 Å². The zero-order valence-electron chi connectivity index (χ0n) is 31.2. The highest BCUT2D eigenvalue weighted by atomic mass is 79.9. The smallest absolute Gasteiger partial charge is 0.347 e. The fourth-order valence-corrected chi connectivity index (χ4v) is 8.76. The molecule has 0 bridgehead atoms. The Morgan fingerprint density at radius 3 is 2.53 bits per heavy atom. The second kappa shape index (κ2) is 16.0. The molecule has 55 heavy (non-hydrogen) atoms. The number of anilines is 5. The second-order valence-electron chi connectivity index (χ2n) is 13.8. The van der Waals surface area contributed by atoms with Gasteiger partial charge >= 0.3 is 5.97 Å². The van der Waals surface area contributed by atoms with Crippen LogP contribution < -0.4 is 30.3 Å². The van der Waals surface area contributed by atoms with Crippen LogP contribution in [0.2, 0.25) is 0 Å². The van der Waals surface area contributed by atoms with Crippen LogP contribution >= 0.6 is 24.1 Å². The summed E-state index contributed by atoms with van der Waals surface area (Å²) in [6.07, 6.45) is 11.2. The number of esters is 1. The molecule has 0 aliphatic carbocycles. The molecule has 16 heteroatoms. The maximum absolute atomic E-state index is 13.5. The Balaban J connectivity index is 1.09. The van der Waals surface area contributed by atoms with Gasteiger partial charge in [-0.05, 0) is 90.8 Å². The van der Waals surface area contributed by atoms with Crippen LogP contribution in [0.25, 0.3) is 22.2 Å². The van der Waals surface area contributed by atoms with Crippen molar-refractivity contribution in [3.8, 4) is 22.6 Å². The van der Waals surface area contributed by atoms with E-state index < -0.39 is 5.97 Å². The van der Waals surface area contributed by atoms with E-state index >= 15 is 0 Å². The highest BCUT2D eigenvalue weighted by Gasteiger charge is 2.28. The Morgan fingerprint density at radius 1 is 1.00 bits per heavy atom. The minimum atomic E-state index is -0.419. The average molecular weight is 825 g/mol. The van der Waals surface area contributed by atoms with Crippen LogP contribution in [0.1, 0.15) is 34.1 Å². The summed E-state index contributed by atoms with van der Waals surface area (Å²) in [5.41, 5.74) is 7.38. The number of aromatic nitrogens is 6. The van der Waals surface area contributed by atoms with Gasteiger partial charge in [0.1, 0.15) is 17.1 Å². The summed E-state index contributed by atoms with van der Waals surface area (Å²) < 4.78 is 14.5. The van der Waals surface area contributed by atoms with Crippen molar-refractivity contribution in [3.63, 3.8) is 0 Å². The first kappa shape index (κ1) is 36.9. The molecule has 2 fully saturated rings. The molecule has 1 atom stereocenters. The highest BCUT2D eigenvalue weighted by Crippen LogP contribution is 2.42. The Bertz CT molecular complexity index is 2350. The van der Waals surface area contributed by atoms with E-state index in [0.29, 0.717) is 55.7 Å². The van der Waals surface area contributed by atoms with E-state index in [0.717, 1.165) is 67.2 Å². The Kier molecular flexibility index (Phi) is 10.7. The summed E-state index contributed by atoms with van der Waals surface area (Å²) in [6.45, 7) is 9.99. The fourth-order valence-electron chi connectivity index (χ4n) is 7.31. The zero-order chi connectivity index (χ0) is 38.1. The van der Waals surface area contributed by atoms with Crippen LogP contribution in [-0.2, 0) is 7.05 Å². The summed E-state index contributed by atoms with van der Waals surface area (Å²) >= 11 is 3.61.